The number of aliphatic hydroxyl groups excluding tert-OH is 1. The van der Waals surface area contributed by atoms with E-state index >= 15 is 0 Å². The molecule has 0 spiro atoms. The van der Waals surface area contributed by atoms with E-state index in [1.54, 1.807) is 0 Å². The molecule has 0 unspecified atom stereocenters. The van der Waals surface area contributed by atoms with Gasteiger partial charge in [0.25, 0.3) is 5.78 Å². The minimum Gasteiger partial charge on any atom is -0.507 e. The Morgan fingerprint density at radius 2 is 2.00 bits per heavy atom. The van der Waals surface area contributed by atoms with E-state index in [2.05, 4.69) is 4.98 Å². The van der Waals surface area contributed by atoms with Crippen LogP contribution in [0.5, 0.6) is 0 Å². The summed E-state index contributed by atoms with van der Waals surface area (Å²) < 4.78 is 13.3. The number of nitrogens with one attached hydrogen (secondary N) is 1. The van der Waals surface area contributed by atoms with E-state index in [-0.39, 0.29) is 17.8 Å². The van der Waals surface area contributed by atoms with Crippen LogP contribution in [0, 0.1) is 5.82 Å². The molecule has 0 atom stereocenters. The number of halogens is 1. The minimum absolute atomic E-state index is 0.138. The Balaban J connectivity index is 2.27. The van der Waals surface area contributed by atoms with Gasteiger partial charge in [0, 0.05) is 27.7 Å². The van der Waals surface area contributed by atoms with Crippen molar-refractivity contribution < 1.29 is 24.2 Å². The summed E-state index contributed by atoms with van der Waals surface area (Å²) in [7, 11) is 0. The van der Waals surface area contributed by atoms with E-state index in [1.165, 1.54) is 18.2 Å². The Hall–Kier alpha value is -2.63. The Bertz CT molecular complexity index is 788. The average molecular weight is 275 g/mol. The van der Waals surface area contributed by atoms with Gasteiger partial charge in [-0.25, -0.2) is 9.18 Å². The molecule has 1 aromatic carbocycles. The molecule has 0 amide bonds. The third kappa shape index (κ3) is 1.69. The third-order valence-electron chi connectivity index (χ3n) is 3.45. The molecule has 0 radical (unpaired) electrons. The van der Waals surface area contributed by atoms with Crippen molar-refractivity contribution in [3.05, 3.63) is 40.8 Å². The highest BCUT2D eigenvalue weighted by Gasteiger charge is 2.29. The van der Waals surface area contributed by atoms with Crippen LogP contribution in [-0.4, -0.2) is 26.9 Å². The van der Waals surface area contributed by atoms with Gasteiger partial charge < -0.3 is 15.2 Å². The molecule has 1 aliphatic carbocycles. The highest BCUT2D eigenvalue weighted by atomic mass is 19.1. The number of aliphatic carboxylic acids is 1. The molecular formula is C14H10FNO4. The number of carboxylic acid groups (broad SMARTS) is 1. The van der Waals surface area contributed by atoms with Crippen LogP contribution < -0.4 is 0 Å². The third-order valence-corrected chi connectivity index (χ3v) is 3.45. The first-order valence-electron chi connectivity index (χ1n) is 5.99. The Morgan fingerprint density at radius 3 is 2.70 bits per heavy atom. The van der Waals surface area contributed by atoms with Gasteiger partial charge in [-0.15, -0.1) is 0 Å². The van der Waals surface area contributed by atoms with Crippen LogP contribution in [0.15, 0.2) is 23.8 Å². The van der Waals surface area contributed by atoms with Gasteiger partial charge in [0.1, 0.15) is 11.6 Å². The van der Waals surface area contributed by atoms with E-state index in [9.17, 15) is 19.1 Å². The number of fused-ring (bicyclic) bond motifs is 3. The summed E-state index contributed by atoms with van der Waals surface area (Å²) >= 11 is 0. The van der Waals surface area contributed by atoms with E-state index in [0.29, 0.717) is 28.6 Å². The molecule has 3 N–H and O–H groups in total. The number of carboxylic acids is 1. The topological polar surface area (TPSA) is 90.4 Å². The summed E-state index contributed by atoms with van der Waals surface area (Å²) in [6.45, 7) is 0. The molecule has 0 fully saturated rings. The fraction of sp³-hybridized carbons (Fsp3) is 0.143. The summed E-state index contributed by atoms with van der Waals surface area (Å²) in [5.41, 5.74) is 1.47. The highest BCUT2D eigenvalue weighted by Crippen LogP contribution is 2.35. The number of aromatic nitrogens is 1. The van der Waals surface area contributed by atoms with E-state index in [1.807, 2.05) is 0 Å². The second-order valence-electron chi connectivity index (χ2n) is 4.63. The number of rotatable bonds is 2. The Kier molecular flexibility index (Phi) is 2.60. The zero-order chi connectivity index (χ0) is 14.4. The quantitative estimate of drug-likeness (QED) is 0.733. The molecular weight excluding hydrogens is 265 g/mol. The first-order valence-corrected chi connectivity index (χ1v) is 5.99. The second-order valence-corrected chi connectivity index (χ2v) is 4.63. The number of aliphatic hydroxyl groups is 1. The molecule has 2 aromatic rings. The Labute approximate surface area is 112 Å². The number of Topliss-reactive ketones (excluding diaryl/α,β-unsaturated/α-hetero) is 1. The van der Waals surface area contributed by atoms with Gasteiger partial charge >= 0.3 is 5.97 Å². The lowest BCUT2D eigenvalue weighted by Crippen LogP contribution is -2.19. The van der Waals surface area contributed by atoms with Crippen molar-refractivity contribution in [3.63, 3.8) is 0 Å². The van der Waals surface area contributed by atoms with Gasteiger partial charge in [-0.1, -0.05) is 0 Å². The molecule has 3 rings (SSSR count). The van der Waals surface area contributed by atoms with Crippen LogP contribution in [0.2, 0.25) is 0 Å². The summed E-state index contributed by atoms with van der Waals surface area (Å²) in [6, 6.07) is 4.07. The maximum atomic E-state index is 13.3. The average Bonchev–Trinajstić information content (AvgIpc) is 2.76. The van der Waals surface area contributed by atoms with E-state index in [4.69, 9.17) is 5.11 Å². The first kappa shape index (κ1) is 12.4. The van der Waals surface area contributed by atoms with Gasteiger partial charge in [0.2, 0.25) is 0 Å². The normalized spacial score (nSPS) is 14.4. The highest BCUT2D eigenvalue weighted by molar-refractivity contribution is 6.41. The number of carbonyl (C=O) groups is 2. The molecule has 6 heteroatoms. The van der Waals surface area contributed by atoms with E-state index in [0.717, 1.165) is 0 Å². The molecule has 0 saturated heterocycles. The number of carbonyl (C=O) groups excluding carboxylic acids is 1. The fourth-order valence-corrected chi connectivity index (χ4v) is 2.55. The minimum atomic E-state index is -1.61. The van der Waals surface area contributed by atoms with Crippen molar-refractivity contribution in [3.8, 4) is 0 Å². The SMILES string of the molecule is O=C(O)C(=O)C1=C(O)c2c([nH]c3ccc(F)cc23)CC1. The largest absolute Gasteiger partial charge is 0.507 e. The monoisotopic (exact) mass is 275 g/mol. The maximum Gasteiger partial charge on any atom is 0.377 e. The maximum absolute atomic E-state index is 13.3. The number of hydrogen-bond donors (Lipinski definition) is 3. The van der Waals surface area contributed by atoms with Gasteiger partial charge in [-0.2, -0.15) is 0 Å². The summed E-state index contributed by atoms with van der Waals surface area (Å²) in [5, 5.41) is 19.4. The van der Waals surface area contributed by atoms with Crippen LogP contribution in [0.3, 0.4) is 0 Å². The lowest BCUT2D eigenvalue weighted by molar-refractivity contribution is -0.147. The first-order chi connectivity index (χ1) is 9.49. The molecule has 20 heavy (non-hydrogen) atoms. The van der Waals surface area contributed by atoms with E-state index < -0.39 is 17.6 Å². The van der Waals surface area contributed by atoms with Gasteiger partial charge in [0.05, 0.1) is 0 Å². The smallest absolute Gasteiger partial charge is 0.377 e. The zero-order valence-corrected chi connectivity index (χ0v) is 10.2. The molecule has 0 aliphatic heterocycles. The Morgan fingerprint density at radius 1 is 1.25 bits per heavy atom. The van der Waals surface area contributed by atoms with Crippen molar-refractivity contribution in [1.29, 1.82) is 0 Å². The predicted octanol–water partition coefficient (Wildman–Crippen LogP) is 2.18. The van der Waals surface area contributed by atoms with Crippen molar-refractivity contribution in [2.45, 2.75) is 12.8 Å². The van der Waals surface area contributed by atoms with Gasteiger partial charge in [-0.05, 0) is 31.0 Å². The van der Waals surface area contributed by atoms with Crippen molar-refractivity contribution in [2.24, 2.45) is 0 Å². The van der Waals surface area contributed by atoms with Crippen LogP contribution >= 0.6 is 0 Å². The summed E-state index contributed by atoms with van der Waals surface area (Å²) in [6.07, 6.45) is 0.531. The number of hydrogen-bond acceptors (Lipinski definition) is 3. The summed E-state index contributed by atoms with van der Waals surface area (Å²) in [4.78, 5) is 25.3. The molecule has 1 heterocycles. The van der Waals surface area contributed by atoms with Crippen molar-refractivity contribution in [1.82, 2.24) is 4.98 Å². The number of H-pyrrole nitrogens is 1. The molecule has 0 bridgehead atoms. The standard InChI is InChI=1S/C14H10FNO4/c15-6-1-3-9-8(5-6)11-10(16-9)4-2-7(12(11)17)13(18)14(19)20/h1,3,5,16-17H,2,4H2,(H,19,20). The molecule has 1 aromatic heterocycles. The number of ketones is 1. The lowest BCUT2D eigenvalue weighted by Gasteiger charge is -2.14. The number of benzene rings is 1. The predicted molar refractivity (Wildman–Crippen MR) is 68.8 cm³/mol. The molecule has 102 valence electrons. The van der Waals surface area contributed by atoms with Crippen molar-refractivity contribution in [2.75, 3.05) is 0 Å². The number of aromatic amines is 1. The fourth-order valence-electron chi connectivity index (χ4n) is 2.55. The molecule has 1 aliphatic rings. The van der Waals surface area contributed by atoms with Gasteiger partial charge in [-0.3, -0.25) is 4.79 Å². The number of aryl methyl sites for hydroxylation is 1. The van der Waals surface area contributed by atoms with Gasteiger partial charge in [0.15, 0.2) is 0 Å². The molecule has 0 saturated carbocycles. The summed E-state index contributed by atoms with van der Waals surface area (Å²) in [5.74, 6) is -3.58. The van der Waals surface area contributed by atoms with Crippen LogP contribution in [0.1, 0.15) is 17.7 Å². The second kappa shape index (κ2) is 4.19. The molecule has 5 nitrogen and oxygen atoms in total. The lowest BCUT2D eigenvalue weighted by atomic mass is 9.91. The zero-order valence-electron chi connectivity index (χ0n) is 10.2. The van der Waals surface area contributed by atoms with Crippen molar-refractivity contribution >= 4 is 28.4 Å². The van der Waals surface area contributed by atoms with Crippen LogP contribution in [-0.2, 0) is 16.0 Å². The van der Waals surface area contributed by atoms with Crippen LogP contribution in [0.4, 0.5) is 4.39 Å². The van der Waals surface area contributed by atoms with Crippen LogP contribution in [0.25, 0.3) is 16.7 Å².